The number of halogens is 1. The van der Waals surface area contributed by atoms with Crippen LogP contribution in [0.4, 0.5) is 11.4 Å². The van der Waals surface area contributed by atoms with Crippen molar-refractivity contribution in [3.05, 3.63) is 100 Å². The molecule has 0 aromatic heterocycles. The number of morpholine rings is 1. The number of nitrogens with one attached hydrogen (secondary N) is 1. The molecule has 1 heterocycles. The Hall–Kier alpha value is -2.92. The molecule has 32 heavy (non-hydrogen) atoms. The first-order valence-electron chi connectivity index (χ1n) is 10.8. The van der Waals surface area contributed by atoms with Crippen molar-refractivity contribution in [1.29, 1.82) is 0 Å². The Labute approximate surface area is 194 Å². The van der Waals surface area contributed by atoms with Crippen molar-refractivity contribution in [3.8, 4) is 0 Å². The van der Waals surface area contributed by atoms with Gasteiger partial charge in [-0.15, -0.1) is 0 Å². The summed E-state index contributed by atoms with van der Waals surface area (Å²) < 4.78 is 5.41. The van der Waals surface area contributed by atoms with Crippen LogP contribution in [0.5, 0.6) is 0 Å². The number of carbonyl (C=O) groups excluding carboxylic acids is 1. The molecule has 1 N–H and O–H groups in total. The monoisotopic (exact) mass is 446 g/mol. The van der Waals surface area contributed by atoms with Crippen molar-refractivity contribution in [3.63, 3.8) is 0 Å². The number of aryl methyl sites for hydroxylation is 1. The Morgan fingerprint density at radius 2 is 1.78 bits per heavy atom. The predicted octanol–water partition coefficient (Wildman–Crippen LogP) is 5.97. The second kappa shape index (κ2) is 10.6. The SMILES string of the molecule is Cc1ccccc1C(=O)c1ccc(Nc2ccccc2C=CCN2CCOCC2)cc1Cl. The first-order chi connectivity index (χ1) is 15.6. The molecular weight excluding hydrogens is 420 g/mol. The average molecular weight is 447 g/mol. The van der Waals surface area contributed by atoms with E-state index in [0.29, 0.717) is 16.1 Å². The lowest BCUT2D eigenvalue weighted by molar-refractivity contribution is 0.0435. The molecule has 0 radical (unpaired) electrons. The molecule has 3 aromatic carbocycles. The van der Waals surface area contributed by atoms with Crippen LogP contribution in [-0.2, 0) is 4.74 Å². The van der Waals surface area contributed by atoms with E-state index in [4.69, 9.17) is 16.3 Å². The van der Waals surface area contributed by atoms with E-state index in [1.54, 1.807) is 12.1 Å². The normalized spacial score (nSPS) is 14.6. The summed E-state index contributed by atoms with van der Waals surface area (Å²) in [5, 5.41) is 3.87. The van der Waals surface area contributed by atoms with E-state index >= 15 is 0 Å². The van der Waals surface area contributed by atoms with Gasteiger partial charge >= 0.3 is 0 Å². The van der Waals surface area contributed by atoms with Gasteiger partial charge in [-0.2, -0.15) is 0 Å². The van der Waals surface area contributed by atoms with Crippen molar-refractivity contribution in [2.24, 2.45) is 0 Å². The minimum Gasteiger partial charge on any atom is -0.379 e. The van der Waals surface area contributed by atoms with Gasteiger partial charge in [-0.1, -0.05) is 66.2 Å². The van der Waals surface area contributed by atoms with Crippen LogP contribution in [0.2, 0.25) is 5.02 Å². The summed E-state index contributed by atoms with van der Waals surface area (Å²) >= 11 is 6.51. The molecule has 1 aliphatic rings. The molecule has 4 rings (SSSR count). The van der Waals surface area contributed by atoms with Crippen LogP contribution in [0.25, 0.3) is 6.08 Å². The van der Waals surface area contributed by atoms with Crippen LogP contribution in [-0.4, -0.2) is 43.5 Å². The quantitative estimate of drug-likeness (QED) is 0.454. The molecule has 0 atom stereocenters. The lowest BCUT2D eigenvalue weighted by atomic mass is 9.99. The zero-order chi connectivity index (χ0) is 22.3. The van der Waals surface area contributed by atoms with Crippen LogP contribution < -0.4 is 5.32 Å². The Morgan fingerprint density at radius 3 is 2.56 bits per heavy atom. The third-order valence-corrected chi connectivity index (χ3v) is 5.92. The van der Waals surface area contributed by atoms with E-state index in [-0.39, 0.29) is 5.78 Å². The number of rotatable bonds is 7. The summed E-state index contributed by atoms with van der Waals surface area (Å²) in [6, 6.07) is 21.2. The number of hydrogen-bond acceptors (Lipinski definition) is 4. The van der Waals surface area contributed by atoms with E-state index in [9.17, 15) is 4.79 Å². The van der Waals surface area contributed by atoms with Crippen molar-refractivity contribution in [1.82, 2.24) is 4.90 Å². The molecule has 3 aromatic rings. The molecule has 0 saturated carbocycles. The molecule has 1 saturated heterocycles. The van der Waals surface area contributed by atoms with Crippen molar-refractivity contribution in [2.45, 2.75) is 6.92 Å². The molecule has 1 fully saturated rings. The largest absolute Gasteiger partial charge is 0.379 e. The van der Waals surface area contributed by atoms with Gasteiger partial charge in [0.05, 0.1) is 18.2 Å². The number of benzene rings is 3. The van der Waals surface area contributed by atoms with E-state index < -0.39 is 0 Å². The number of ether oxygens (including phenoxy) is 1. The molecule has 5 heteroatoms. The Balaban J connectivity index is 1.48. The summed E-state index contributed by atoms with van der Waals surface area (Å²) in [4.78, 5) is 15.3. The van der Waals surface area contributed by atoms with Gasteiger partial charge in [0.2, 0.25) is 0 Å². The van der Waals surface area contributed by atoms with E-state index in [0.717, 1.165) is 55.3 Å². The Bertz CT molecular complexity index is 1120. The number of anilines is 2. The number of ketones is 1. The fourth-order valence-corrected chi connectivity index (χ4v) is 4.04. The number of para-hydroxylation sites is 1. The van der Waals surface area contributed by atoms with Gasteiger partial charge in [-0.3, -0.25) is 9.69 Å². The van der Waals surface area contributed by atoms with Crippen LogP contribution in [0.15, 0.2) is 72.8 Å². The van der Waals surface area contributed by atoms with E-state index in [1.807, 2.05) is 55.5 Å². The second-order valence-electron chi connectivity index (χ2n) is 7.87. The maximum absolute atomic E-state index is 12.9. The standard InChI is InChI=1S/C27H27ClN2O2/c1-20-7-2-4-10-23(20)27(31)24-13-12-22(19-25(24)28)29-26-11-5-3-8-21(26)9-6-14-30-15-17-32-18-16-30/h2-13,19,29H,14-18H2,1H3. The average Bonchev–Trinajstić information content (AvgIpc) is 2.81. The molecular formula is C27H27ClN2O2. The summed E-state index contributed by atoms with van der Waals surface area (Å²) in [7, 11) is 0. The zero-order valence-electron chi connectivity index (χ0n) is 18.2. The highest BCUT2D eigenvalue weighted by Crippen LogP contribution is 2.28. The van der Waals surface area contributed by atoms with Gasteiger partial charge in [-0.25, -0.2) is 0 Å². The minimum absolute atomic E-state index is 0.0638. The molecule has 0 spiro atoms. The third kappa shape index (κ3) is 5.46. The summed E-state index contributed by atoms with van der Waals surface area (Å²) in [5.74, 6) is -0.0638. The van der Waals surface area contributed by atoms with E-state index in [2.05, 4.69) is 28.4 Å². The maximum Gasteiger partial charge on any atom is 0.194 e. The molecule has 0 bridgehead atoms. The smallest absolute Gasteiger partial charge is 0.194 e. The summed E-state index contributed by atoms with van der Waals surface area (Å²) in [5.41, 5.74) is 5.03. The molecule has 0 amide bonds. The van der Waals surface area contributed by atoms with Crippen molar-refractivity contribution >= 4 is 34.8 Å². The minimum atomic E-state index is -0.0638. The van der Waals surface area contributed by atoms with Crippen LogP contribution in [0.3, 0.4) is 0 Å². The highest BCUT2D eigenvalue weighted by molar-refractivity contribution is 6.35. The first kappa shape index (κ1) is 22.3. The molecule has 164 valence electrons. The Morgan fingerprint density at radius 1 is 1.03 bits per heavy atom. The van der Waals surface area contributed by atoms with Gasteiger partial charge in [0.1, 0.15) is 0 Å². The highest BCUT2D eigenvalue weighted by atomic mass is 35.5. The van der Waals surface area contributed by atoms with Crippen LogP contribution in [0.1, 0.15) is 27.0 Å². The van der Waals surface area contributed by atoms with E-state index in [1.165, 1.54) is 0 Å². The van der Waals surface area contributed by atoms with Gasteiger partial charge in [0, 0.05) is 42.1 Å². The second-order valence-corrected chi connectivity index (χ2v) is 8.27. The number of carbonyl (C=O) groups is 1. The van der Waals surface area contributed by atoms with Gasteiger partial charge in [0.15, 0.2) is 5.78 Å². The number of nitrogens with zero attached hydrogens (tertiary/aromatic N) is 1. The summed E-state index contributed by atoms with van der Waals surface area (Å²) in [6.07, 6.45) is 4.32. The van der Waals surface area contributed by atoms with Crippen LogP contribution in [0, 0.1) is 6.92 Å². The van der Waals surface area contributed by atoms with Crippen molar-refractivity contribution < 1.29 is 9.53 Å². The van der Waals surface area contributed by atoms with Gasteiger partial charge < -0.3 is 10.1 Å². The Kier molecular flexibility index (Phi) is 7.38. The van der Waals surface area contributed by atoms with Crippen molar-refractivity contribution in [2.75, 3.05) is 38.2 Å². The maximum atomic E-state index is 12.9. The lowest BCUT2D eigenvalue weighted by Gasteiger charge is -2.25. The lowest BCUT2D eigenvalue weighted by Crippen LogP contribution is -2.36. The molecule has 0 aliphatic carbocycles. The molecule has 0 unspecified atom stereocenters. The predicted molar refractivity (Wildman–Crippen MR) is 132 cm³/mol. The topological polar surface area (TPSA) is 41.6 Å². The molecule has 4 nitrogen and oxygen atoms in total. The highest BCUT2D eigenvalue weighted by Gasteiger charge is 2.15. The fourth-order valence-electron chi connectivity index (χ4n) is 3.77. The first-order valence-corrected chi connectivity index (χ1v) is 11.2. The number of hydrogen-bond donors (Lipinski definition) is 1. The fraction of sp³-hybridized carbons (Fsp3) is 0.222. The molecule has 1 aliphatic heterocycles. The van der Waals surface area contributed by atoms with Gasteiger partial charge in [0.25, 0.3) is 0 Å². The van der Waals surface area contributed by atoms with Crippen LogP contribution >= 0.6 is 11.6 Å². The van der Waals surface area contributed by atoms with Gasteiger partial charge in [-0.05, 0) is 42.3 Å². The summed E-state index contributed by atoms with van der Waals surface area (Å²) in [6.45, 7) is 6.37. The third-order valence-electron chi connectivity index (χ3n) is 5.61. The zero-order valence-corrected chi connectivity index (χ0v) is 18.9.